The van der Waals surface area contributed by atoms with Crippen molar-refractivity contribution in [3.8, 4) is 5.75 Å². The van der Waals surface area contributed by atoms with Gasteiger partial charge in [0.15, 0.2) is 5.78 Å². The van der Waals surface area contributed by atoms with Crippen LogP contribution in [-0.2, 0) is 0 Å². The highest BCUT2D eigenvalue weighted by atomic mass is 16.5. The SMILES string of the molecule is COc1ccc(NC(C(=O)c2ccc(C)cc2)c2c[nH]c3ccccc23)cc1. The molecule has 4 nitrogen and oxygen atoms in total. The topological polar surface area (TPSA) is 54.1 Å². The van der Waals surface area contributed by atoms with Gasteiger partial charge in [-0.1, -0.05) is 48.0 Å². The van der Waals surface area contributed by atoms with Gasteiger partial charge in [0.05, 0.1) is 7.11 Å². The van der Waals surface area contributed by atoms with Crippen LogP contribution in [0.1, 0.15) is 27.5 Å². The van der Waals surface area contributed by atoms with Gasteiger partial charge >= 0.3 is 0 Å². The number of H-pyrrole nitrogens is 1. The van der Waals surface area contributed by atoms with E-state index in [4.69, 9.17) is 4.74 Å². The fraction of sp³-hybridized carbons (Fsp3) is 0.125. The van der Waals surface area contributed by atoms with Crippen molar-refractivity contribution in [1.82, 2.24) is 4.98 Å². The van der Waals surface area contributed by atoms with Gasteiger partial charge in [-0.3, -0.25) is 4.79 Å². The number of aryl methyl sites for hydroxylation is 1. The van der Waals surface area contributed by atoms with E-state index in [2.05, 4.69) is 10.3 Å². The smallest absolute Gasteiger partial charge is 0.189 e. The summed E-state index contributed by atoms with van der Waals surface area (Å²) in [6, 6.07) is 22.8. The van der Waals surface area contributed by atoms with Gasteiger partial charge < -0.3 is 15.0 Å². The molecule has 1 atom stereocenters. The van der Waals surface area contributed by atoms with Crippen molar-refractivity contribution < 1.29 is 9.53 Å². The number of para-hydroxylation sites is 1. The lowest BCUT2D eigenvalue weighted by atomic mass is 9.96. The maximum Gasteiger partial charge on any atom is 0.189 e. The maximum absolute atomic E-state index is 13.4. The number of benzene rings is 3. The summed E-state index contributed by atoms with van der Waals surface area (Å²) in [5.41, 5.74) is 4.61. The van der Waals surface area contributed by atoms with Gasteiger partial charge in [-0.25, -0.2) is 0 Å². The number of rotatable bonds is 6. The molecule has 0 saturated carbocycles. The summed E-state index contributed by atoms with van der Waals surface area (Å²) in [5.74, 6) is 0.805. The molecule has 0 fully saturated rings. The van der Waals surface area contributed by atoms with Gasteiger partial charge in [-0.15, -0.1) is 0 Å². The summed E-state index contributed by atoms with van der Waals surface area (Å²) in [5, 5.41) is 4.45. The Labute approximate surface area is 164 Å². The minimum Gasteiger partial charge on any atom is -0.497 e. The minimum absolute atomic E-state index is 0.0283. The van der Waals surface area contributed by atoms with Crippen LogP contribution in [0.5, 0.6) is 5.75 Å². The summed E-state index contributed by atoms with van der Waals surface area (Å²) in [4.78, 5) is 16.7. The molecule has 4 rings (SSSR count). The molecule has 28 heavy (non-hydrogen) atoms. The standard InChI is InChI=1S/C24H22N2O2/c1-16-7-9-17(10-8-16)24(27)23(26-18-11-13-19(28-2)14-12-18)21-15-25-22-6-4-3-5-20(21)22/h3-15,23,25-26H,1-2H3. The predicted octanol–water partition coefficient (Wildman–Crippen LogP) is 5.52. The van der Waals surface area contributed by atoms with Crippen LogP contribution in [-0.4, -0.2) is 17.9 Å². The molecule has 140 valence electrons. The number of nitrogens with one attached hydrogen (secondary N) is 2. The number of Topliss-reactive ketones (excluding diaryl/α,β-unsaturated/α-hetero) is 1. The van der Waals surface area contributed by atoms with Crippen LogP contribution < -0.4 is 10.1 Å². The van der Waals surface area contributed by atoms with Crippen molar-refractivity contribution >= 4 is 22.4 Å². The lowest BCUT2D eigenvalue weighted by molar-refractivity contribution is 0.0970. The second kappa shape index (κ2) is 7.61. The van der Waals surface area contributed by atoms with E-state index in [0.717, 1.165) is 33.5 Å². The van der Waals surface area contributed by atoms with Crippen LogP contribution in [0, 0.1) is 6.92 Å². The molecule has 0 amide bonds. The van der Waals surface area contributed by atoms with Crippen LogP contribution in [0.3, 0.4) is 0 Å². The first kappa shape index (κ1) is 17.9. The number of fused-ring (bicyclic) bond motifs is 1. The number of carbonyl (C=O) groups is 1. The van der Waals surface area contributed by atoms with E-state index >= 15 is 0 Å². The Hall–Kier alpha value is -3.53. The van der Waals surface area contributed by atoms with Crippen molar-refractivity contribution in [2.45, 2.75) is 13.0 Å². The Morgan fingerprint density at radius 2 is 1.68 bits per heavy atom. The first-order chi connectivity index (χ1) is 13.7. The number of ether oxygens (including phenoxy) is 1. The predicted molar refractivity (Wildman–Crippen MR) is 113 cm³/mol. The van der Waals surface area contributed by atoms with E-state index in [9.17, 15) is 4.79 Å². The molecule has 4 aromatic rings. The summed E-state index contributed by atoms with van der Waals surface area (Å²) >= 11 is 0. The van der Waals surface area contributed by atoms with Crippen LogP contribution in [0.15, 0.2) is 79.0 Å². The Morgan fingerprint density at radius 1 is 0.964 bits per heavy atom. The van der Waals surface area contributed by atoms with E-state index in [-0.39, 0.29) is 5.78 Å². The molecule has 0 aliphatic rings. The van der Waals surface area contributed by atoms with Crippen molar-refractivity contribution in [2.75, 3.05) is 12.4 Å². The van der Waals surface area contributed by atoms with E-state index in [1.54, 1.807) is 7.11 Å². The number of anilines is 1. The minimum atomic E-state index is -0.507. The highest BCUT2D eigenvalue weighted by Gasteiger charge is 2.24. The monoisotopic (exact) mass is 370 g/mol. The third-order valence-corrected chi connectivity index (χ3v) is 4.93. The summed E-state index contributed by atoms with van der Waals surface area (Å²) in [7, 11) is 1.64. The average Bonchev–Trinajstić information content (AvgIpc) is 3.16. The molecule has 4 heteroatoms. The summed E-state index contributed by atoms with van der Waals surface area (Å²) in [6.07, 6.45) is 1.91. The van der Waals surface area contributed by atoms with E-state index in [1.807, 2.05) is 85.9 Å². The van der Waals surface area contributed by atoms with Crippen molar-refractivity contribution in [3.63, 3.8) is 0 Å². The van der Waals surface area contributed by atoms with Crippen LogP contribution >= 0.6 is 0 Å². The van der Waals surface area contributed by atoms with Gasteiger partial charge in [0.25, 0.3) is 0 Å². The van der Waals surface area contributed by atoms with Gasteiger partial charge in [0.2, 0.25) is 0 Å². The number of hydrogen-bond donors (Lipinski definition) is 2. The molecule has 0 aliphatic carbocycles. The zero-order valence-electron chi connectivity index (χ0n) is 15.9. The van der Waals surface area contributed by atoms with Crippen molar-refractivity contribution in [1.29, 1.82) is 0 Å². The Balaban J connectivity index is 1.75. The molecule has 0 bridgehead atoms. The lowest BCUT2D eigenvalue weighted by Crippen LogP contribution is -2.21. The molecule has 1 heterocycles. The summed E-state index contributed by atoms with van der Waals surface area (Å²) < 4.78 is 5.23. The number of ketones is 1. The normalized spacial score (nSPS) is 11.9. The first-order valence-corrected chi connectivity index (χ1v) is 9.23. The summed E-state index contributed by atoms with van der Waals surface area (Å²) in [6.45, 7) is 2.01. The Bertz CT molecular complexity index is 1100. The van der Waals surface area contributed by atoms with Crippen molar-refractivity contribution in [2.24, 2.45) is 0 Å². The molecule has 1 aromatic heterocycles. The molecule has 0 aliphatic heterocycles. The number of aromatic amines is 1. The third kappa shape index (κ3) is 3.49. The quantitative estimate of drug-likeness (QED) is 0.439. The van der Waals surface area contributed by atoms with E-state index < -0.39 is 6.04 Å². The molecule has 1 unspecified atom stereocenters. The number of aromatic nitrogens is 1. The fourth-order valence-corrected chi connectivity index (χ4v) is 3.36. The van der Waals surface area contributed by atoms with Crippen molar-refractivity contribution in [3.05, 3.63) is 95.7 Å². The average molecular weight is 370 g/mol. The second-order valence-electron chi connectivity index (χ2n) is 6.83. The van der Waals surface area contributed by atoms with Gasteiger partial charge in [0.1, 0.15) is 11.8 Å². The van der Waals surface area contributed by atoms with Crippen LogP contribution in [0.2, 0.25) is 0 Å². The highest BCUT2D eigenvalue weighted by Crippen LogP contribution is 2.30. The molecule has 0 radical (unpaired) electrons. The molecule has 3 aromatic carbocycles. The zero-order chi connectivity index (χ0) is 19.5. The molecular formula is C24H22N2O2. The Morgan fingerprint density at radius 3 is 2.39 bits per heavy atom. The first-order valence-electron chi connectivity index (χ1n) is 9.23. The largest absolute Gasteiger partial charge is 0.497 e. The van der Waals surface area contributed by atoms with Crippen LogP contribution in [0.25, 0.3) is 10.9 Å². The van der Waals surface area contributed by atoms with Gasteiger partial charge in [-0.05, 0) is 37.3 Å². The number of carbonyl (C=O) groups excluding carboxylic acids is 1. The number of methoxy groups -OCH3 is 1. The molecule has 0 saturated heterocycles. The van der Waals surface area contributed by atoms with E-state index in [0.29, 0.717) is 5.56 Å². The third-order valence-electron chi connectivity index (χ3n) is 4.93. The molecule has 0 spiro atoms. The molecular weight excluding hydrogens is 348 g/mol. The van der Waals surface area contributed by atoms with Crippen LogP contribution in [0.4, 0.5) is 5.69 Å². The Kier molecular flexibility index (Phi) is 4.85. The lowest BCUT2D eigenvalue weighted by Gasteiger charge is -2.19. The molecule has 2 N–H and O–H groups in total. The fourth-order valence-electron chi connectivity index (χ4n) is 3.36. The second-order valence-corrected chi connectivity index (χ2v) is 6.83. The maximum atomic E-state index is 13.4. The zero-order valence-corrected chi connectivity index (χ0v) is 15.9. The highest BCUT2D eigenvalue weighted by molar-refractivity contribution is 6.04. The number of hydrogen-bond acceptors (Lipinski definition) is 3. The van der Waals surface area contributed by atoms with E-state index in [1.165, 1.54) is 0 Å². The van der Waals surface area contributed by atoms with Gasteiger partial charge in [-0.2, -0.15) is 0 Å². The van der Waals surface area contributed by atoms with Gasteiger partial charge in [0, 0.05) is 33.9 Å².